The Bertz CT molecular complexity index is 739. The normalized spacial score (nSPS) is 14.0. The highest BCUT2D eigenvalue weighted by molar-refractivity contribution is 6.09. The van der Waals surface area contributed by atoms with E-state index in [2.05, 4.69) is 0 Å². The molecule has 0 N–H and O–H groups in total. The largest absolute Gasteiger partial charge is 0.315 e. The first-order valence-electron chi connectivity index (χ1n) is 6.76. The Morgan fingerprint density at radius 2 is 1.86 bits per heavy atom. The second-order valence-corrected chi connectivity index (χ2v) is 5.14. The van der Waals surface area contributed by atoms with Gasteiger partial charge >= 0.3 is 0 Å². The molecule has 2 aromatic carbocycles. The highest BCUT2D eigenvalue weighted by atomic mass is 19.1. The van der Waals surface area contributed by atoms with Crippen LogP contribution in [0, 0.1) is 5.82 Å². The van der Waals surface area contributed by atoms with E-state index in [1.54, 1.807) is 36.2 Å². The minimum absolute atomic E-state index is 0.0757. The summed E-state index contributed by atoms with van der Waals surface area (Å²) in [5.41, 5.74) is 2.65. The van der Waals surface area contributed by atoms with Crippen molar-refractivity contribution in [1.29, 1.82) is 0 Å². The number of nitrogens with zero attached hydrogens (tertiary/aromatic N) is 1. The van der Waals surface area contributed by atoms with Gasteiger partial charge in [0.2, 0.25) is 5.91 Å². The van der Waals surface area contributed by atoms with E-state index in [0.717, 1.165) is 11.3 Å². The first-order valence-corrected chi connectivity index (χ1v) is 6.76. The van der Waals surface area contributed by atoms with Gasteiger partial charge in [-0.15, -0.1) is 0 Å². The van der Waals surface area contributed by atoms with Gasteiger partial charge in [-0.1, -0.05) is 12.1 Å². The molecule has 0 unspecified atom stereocenters. The number of amides is 1. The lowest BCUT2D eigenvalue weighted by Gasteiger charge is -2.26. The first-order chi connectivity index (χ1) is 10.1. The van der Waals surface area contributed by atoms with Crippen LogP contribution in [0.2, 0.25) is 0 Å². The smallest absolute Gasteiger partial charge is 0.227 e. The molecule has 106 valence electrons. The second-order valence-electron chi connectivity index (χ2n) is 5.14. The lowest BCUT2D eigenvalue weighted by atomic mass is 9.95. The van der Waals surface area contributed by atoms with Gasteiger partial charge in [0, 0.05) is 30.3 Å². The van der Waals surface area contributed by atoms with Gasteiger partial charge in [-0.25, -0.2) is 4.39 Å². The van der Waals surface area contributed by atoms with Crippen LogP contribution in [-0.4, -0.2) is 18.7 Å². The van der Waals surface area contributed by atoms with Gasteiger partial charge < -0.3 is 4.90 Å². The highest BCUT2D eigenvalue weighted by Crippen LogP contribution is 2.28. The van der Waals surface area contributed by atoms with Crippen LogP contribution < -0.4 is 4.90 Å². The SMILES string of the molecule is CN1C(=O)CCc2cc(C(=O)c3cccc(F)c3)ccc21. The van der Waals surface area contributed by atoms with E-state index in [1.165, 1.54) is 18.2 Å². The van der Waals surface area contributed by atoms with Crippen molar-refractivity contribution < 1.29 is 14.0 Å². The van der Waals surface area contributed by atoms with Gasteiger partial charge in [0.25, 0.3) is 0 Å². The molecular weight excluding hydrogens is 269 g/mol. The molecule has 1 aliphatic heterocycles. The lowest BCUT2D eigenvalue weighted by molar-refractivity contribution is -0.118. The molecule has 3 nitrogen and oxygen atoms in total. The molecule has 0 spiro atoms. The second kappa shape index (κ2) is 5.13. The minimum atomic E-state index is -0.427. The zero-order valence-electron chi connectivity index (χ0n) is 11.6. The minimum Gasteiger partial charge on any atom is -0.315 e. The average Bonchev–Trinajstić information content (AvgIpc) is 2.50. The van der Waals surface area contributed by atoms with Crippen molar-refractivity contribution >= 4 is 17.4 Å². The molecule has 1 aliphatic rings. The zero-order valence-corrected chi connectivity index (χ0v) is 11.6. The van der Waals surface area contributed by atoms with Gasteiger partial charge in [-0.05, 0) is 42.3 Å². The fourth-order valence-electron chi connectivity index (χ4n) is 2.59. The third-order valence-electron chi connectivity index (χ3n) is 3.77. The predicted molar refractivity (Wildman–Crippen MR) is 78.0 cm³/mol. The van der Waals surface area contributed by atoms with Crippen molar-refractivity contribution in [3.8, 4) is 0 Å². The molecule has 0 aliphatic carbocycles. The van der Waals surface area contributed by atoms with Crippen molar-refractivity contribution in [2.45, 2.75) is 12.8 Å². The number of benzene rings is 2. The number of hydrogen-bond acceptors (Lipinski definition) is 2. The first kappa shape index (κ1) is 13.5. The third-order valence-corrected chi connectivity index (χ3v) is 3.77. The van der Waals surface area contributed by atoms with E-state index in [9.17, 15) is 14.0 Å². The van der Waals surface area contributed by atoms with Crippen LogP contribution >= 0.6 is 0 Å². The Balaban J connectivity index is 1.98. The number of aryl methyl sites for hydroxylation is 1. The Kier molecular flexibility index (Phi) is 3.29. The Hall–Kier alpha value is -2.49. The number of carbonyl (C=O) groups excluding carboxylic acids is 2. The van der Waals surface area contributed by atoms with Gasteiger partial charge in [0.1, 0.15) is 5.82 Å². The maximum atomic E-state index is 13.2. The van der Waals surface area contributed by atoms with E-state index in [-0.39, 0.29) is 11.7 Å². The quantitative estimate of drug-likeness (QED) is 0.795. The van der Waals surface area contributed by atoms with Crippen molar-refractivity contribution in [1.82, 2.24) is 0 Å². The van der Waals surface area contributed by atoms with E-state index >= 15 is 0 Å². The van der Waals surface area contributed by atoms with Crippen molar-refractivity contribution in [2.24, 2.45) is 0 Å². The van der Waals surface area contributed by atoms with Crippen LogP contribution in [0.15, 0.2) is 42.5 Å². The standard InChI is InChI=1S/C17H14FNO2/c1-19-15-7-5-13(9-11(15)6-8-16(19)20)17(21)12-3-2-4-14(18)10-12/h2-5,7,9-10H,6,8H2,1H3. The van der Waals surface area contributed by atoms with E-state index in [1.807, 2.05) is 0 Å². The summed E-state index contributed by atoms with van der Waals surface area (Å²) in [6.07, 6.45) is 1.07. The fraction of sp³-hybridized carbons (Fsp3) is 0.176. The van der Waals surface area contributed by atoms with Crippen molar-refractivity contribution in [3.63, 3.8) is 0 Å². The molecule has 0 bridgehead atoms. The summed E-state index contributed by atoms with van der Waals surface area (Å²) >= 11 is 0. The summed E-state index contributed by atoms with van der Waals surface area (Å²) in [6, 6.07) is 10.9. The number of fused-ring (bicyclic) bond motifs is 1. The van der Waals surface area contributed by atoms with Crippen molar-refractivity contribution in [3.05, 3.63) is 65.0 Å². The van der Waals surface area contributed by atoms with E-state index in [4.69, 9.17) is 0 Å². The number of ketones is 1. The lowest BCUT2D eigenvalue weighted by Crippen LogP contribution is -2.31. The maximum Gasteiger partial charge on any atom is 0.227 e. The van der Waals surface area contributed by atoms with Crippen LogP contribution in [-0.2, 0) is 11.2 Å². The topological polar surface area (TPSA) is 37.4 Å². The van der Waals surface area contributed by atoms with Crippen LogP contribution in [0.3, 0.4) is 0 Å². The molecular formula is C17H14FNO2. The Labute approximate surface area is 122 Å². The van der Waals surface area contributed by atoms with Crippen molar-refractivity contribution in [2.75, 3.05) is 11.9 Å². The summed E-state index contributed by atoms with van der Waals surface area (Å²) in [7, 11) is 1.73. The number of hydrogen-bond donors (Lipinski definition) is 0. The molecule has 3 rings (SSSR count). The molecule has 0 aromatic heterocycles. The molecule has 1 heterocycles. The maximum absolute atomic E-state index is 13.2. The van der Waals surface area contributed by atoms with Gasteiger partial charge in [0.05, 0.1) is 0 Å². The summed E-state index contributed by atoms with van der Waals surface area (Å²) < 4.78 is 13.2. The monoisotopic (exact) mass is 283 g/mol. The molecule has 4 heteroatoms. The van der Waals surface area contributed by atoms with Crippen LogP contribution in [0.5, 0.6) is 0 Å². The number of carbonyl (C=O) groups is 2. The molecule has 0 saturated heterocycles. The average molecular weight is 283 g/mol. The molecule has 0 atom stereocenters. The molecule has 0 fully saturated rings. The fourth-order valence-corrected chi connectivity index (χ4v) is 2.59. The summed E-state index contributed by atoms with van der Waals surface area (Å²) in [4.78, 5) is 25.6. The highest BCUT2D eigenvalue weighted by Gasteiger charge is 2.22. The van der Waals surface area contributed by atoms with Gasteiger partial charge in [0.15, 0.2) is 5.78 Å². The van der Waals surface area contributed by atoms with Gasteiger partial charge in [-0.3, -0.25) is 9.59 Å². The third kappa shape index (κ3) is 2.44. The molecule has 21 heavy (non-hydrogen) atoms. The number of anilines is 1. The van der Waals surface area contributed by atoms with E-state index in [0.29, 0.717) is 24.0 Å². The molecule has 0 radical (unpaired) electrons. The van der Waals surface area contributed by atoms with Crippen LogP contribution in [0.1, 0.15) is 27.9 Å². The molecule has 0 saturated carbocycles. The Morgan fingerprint density at radius 1 is 1.10 bits per heavy atom. The van der Waals surface area contributed by atoms with Gasteiger partial charge in [-0.2, -0.15) is 0 Å². The summed E-state index contributed by atoms with van der Waals surface area (Å²) in [6.45, 7) is 0. The van der Waals surface area contributed by atoms with E-state index < -0.39 is 5.82 Å². The number of halogens is 1. The molecule has 2 aromatic rings. The predicted octanol–water partition coefficient (Wildman–Crippen LogP) is 2.97. The van der Waals surface area contributed by atoms with Crippen LogP contribution in [0.25, 0.3) is 0 Å². The Morgan fingerprint density at radius 3 is 2.62 bits per heavy atom. The summed E-state index contributed by atoms with van der Waals surface area (Å²) in [5, 5.41) is 0. The molecule has 1 amide bonds. The number of rotatable bonds is 2. The van der Waals surface area contributed by atoms with Crippen LogP contribution in [0.4, 0.5) is 10.1 Å². The zero-order chi connectivity index (χ0) is 15.0. The summed E-state index contributed by atoms with van der Waals surface area (Å²) in [5.74, 6) is -0.562.